The van der Waals surface area contributed by atoms with Crippen molar-refractivity contribution in [3.63, 3.8) is 0 Å². The van der Waals surface area contributed by atoms with Crippen LogP contribution in [0.25, 0.3) is 0 Å². The fourth-order valence-electron chi connectivity index (χ4n) is 7.56. The molecule has 0 bridgehead atoms. The molecule has 0 spiro atoms. The molecule has 0 radical (unpaired) electrons. The number of nitrogens with one attached hydrogen (secondary N) is 1. The first-order valence-corrected chi connectivity index (χ1v) is 24.3. The summed E-state index contributed by atoms with van der Waals surface area (Å²) >= 11 is 0. The molecular formula is C49H91NO9. The molecule has 8 atom stereocenters. The van der Waals surface area contributed by atoms with Gasteiger partial charge in [0.2, 0.25) is 5.91 Å². The summed E-state index contributed by atoms with van der Waals surface area (Å²) in [5.41, 5.74) is 0. The van der Waals surface area contributed by atoms with Crippen LogP contribution in [-0.2, 0) is 14.3 Å². The van der Waals surface area contributed by atoms with Crippen LogP contribution < -0.4 is 5.32 Å². The van der Waals surface area contributed by atoms with Crippen molar-refractivity contribution in [1.29, 1.82) is 0 Å². The maximum atomic E-state index is 13.0. The largest absolute Gasteiger partial charge is 0.394 e. The highest BCUT2D eigenvalue weighted by atomic mass is 16.7. The van der Waals surface area contributed by atoms with Gasteiger partial charge in [0.15, 0.2) is 6.29 Å². The molecule has 0 aliphatic carbocycles. The van der Waals surface area contributed by atoms with E-state index in [1.165, 1.54) is 122 Å². The van der Waals surface area contributed by atoms with Crippen molar-refractivity contribution in [1.82, 2.24) is 5.32 Å². The van der Waals surface area contributed by atoms with Gasteiger partial charge in [0.25, 0.3) is 0 Å². The molecule has 1 saturated heterocycles. The van der Waals surface area contributed by atoms with Crippen molar-refractivity contribution < 1.29 is 44.9 Å². The molecule has 1 amide bonds. The lowest BCUT2D eigenvalue weighted by atomic mass is 9.99. The third kappa shape index (κ3) is 29.3. The number of carbonyl (C=O) groups is 1. The van der Waals surface area contributed by atoms with Crippen LogP contribution in [0, 0.1) is 0 Å². The van der Waals surface area contributed by atoms with Crippen LogP contribution >= 0.6 is 0 Å². The minimum atomic E-state index is -1.62. The van der Waals surface area contributed by atoms with Crippen LogP contribution in [-0.4, -0.2) is 98.7 Å². The predicted octanol–water partition coefficient (Wildman–Crippen LogP) is 9.42. The van der Waals surface area contributed by atoms with E-state index in [0.717, 1.165) is 51.4 Å². The molecule has 0 saturated carbocycles. The number of aliphatic hydroxyl groups is 6. The smallest absolute Gasteiger partial charge is 0.249 e. The summed E-state index contributed by atoms with van der Waals surface area (Å²) in [6, 6.07) is -0.999. The molecule has 1 fully saturated rings. The minimum Gasteiger partial charge on any atom is -0.394 e. The summed E-state index contributed by atoms with van der Waals surface area (Å²) in [4.78, 5) is 13.0. The van der Waals surface area contributed by atoms with Crippen LogP contribution in [0.1, 0.15) is 206 Å². The summed E-state index contributed by atoms with van der Waals surface area (Å²) < 4.78 is 11.1. The van der Waals surface area contributed by atoms with Crippen molar-refractivity contribution in [3.8, 4) is 0 Å². The molecule has 0 aromatic rings. The van der Waals surface area contributed by atoms with E-state index in [0.29, 0.717) is 19.3 Å². The molecule has 7 N–H and O–H groups in total. The Labute approximate surface area is 360 Å². The average molecular weight is 838 g/mol. The van der Waals surface area contributed by atoms with Crippen molar-refractivity contribution in [2.45, 2.75) is 255 Å². The van der Waals surface area contributed by atoms with Gasteiger partial charge in [-0.1, -0.05) is 204 Å². The maximum Gasteiger partial charge on any atom is 0.249 e. The summed E-state index contributed by atoms with van der Waals surface area (Å²) in [7, 11) is 0. The maximum absolute atomic E-state index is 13.0. The molecule has 1 heterocycles. The van der Waals surface area contributed by atoms with Gasteiger partial charge in [0, 0.05) is 0 Å². The van der Waals surface area contributed by atoms with Gasteiger partial charge in [-0.15, -0.1) is 0 Å². The molecule has 1 aliphatic heterocycles. The van der Waals surface area contributed by atoms with Crippen LogP contribution in [0.3, 0.4) is 0 Å². The van der Waals surface area contributed by atoms with E-state index in [-0.39, 0.29) is 6.61 Å². The number of aliphatic hydroxyl groups excluding tert-OH is 6. The van der Waals surface area contributed by atoms with E-state index in [1.54, 1.807) is 6.08 Å². The first-order chi connectivity index (χ1) is 28.8. The van der Waals surface area contributed by atoms with E-state index in [1.807, 2.05) is 6.08 Å². The molecule has 10 nitrogen and oxygen atoms in total. The van der Waals surface area contributed by atoms with Crippen molar-refractivity contribution in [2.24, 2.45) is 0 Å². The van der Waals surface area contributed by atoms with Gasteiger partial charge in [0.05, 0.1) is 25.4 Å². The van der Waals surface area contributed by atoms with Crippen LogP contribution in [0.5, 0.6) is 0 Å². The number of amides is 1. The fourth-order valence-corrected chi connectivity index (χ4v) is 7.56. The SMILES string of the molecule is CCC/C=C/CC/C=C/CC/C=C/C(O)C(COC1OC(CO)C(O)C(O)C1O)NC(=O)C(O)CCCCCCCCCCCCCCCCCCCCCCCCC. The molecule has 10 heteroatoms. The van der Waals surface area contributed by atoms with E-state index < -0.39 is 61.5 Å². The Bertz CT molecular complexity index is 1040. The van der Waals surface area contributed by atoms with Gasteiger partial charge in [-0.25, -0.2) is 0 Å². The van der Waals surface area contributed by atoms with Gasteiger partial charge >= 0.3 is 0 Å². The predicted molar refractivity (Wildman–Crippen MR) is 241 cm³/mol. The Morgan fingerprint density at radius 1 is 0.576 bits per heavy atom. The van der Waals surface area contributed by atoms with E-state index in [4.69, 9.17) is 9.47 Å². The van der Waals surface area contributed by atoms with Gasteiger partial charge in [-0.3, -0.25) is 4.79 Å². The molecule has 59 heavy (non-hydrogen) atoms. The summed E-state index contributed by atoms with van der Waals surface area (Å²) in [6.07, 6.45) is 38.3. The molecule has 1 aliphatic rings. The number of hydrogen-bond acceptors (Lipinski definition) is 9. The third-order valence-electron chi connectivity index (χ3n) is 11.5. The van der Waals surface area contributed by atoms with Gasteiger partial charge < -0.3 is 45.4 Å². The Morgan fingerprint density at radius 2 is 1.00 bits per heavy atom. The molecule has 1 rings (SSSR count). The van der Waals surface area contributed by atoms with Crippen LogP contribution in [0.15, 0.2) is 36.5 Å². The number of unbranched alkanes of at least 4 members (excludes halogenated alkanes) is 25. The normalized spacial score (nSPS) is 21.5. The molecule has 346 valence electrons. The second-order valence-corrected chi connectivity index (χ2v) is 17.0. The Morgan fingerprint density at radius 3 is 1.44 bits per heavy atom. The van der Waals surface area contributed by atoms with E-state index in [2.05, 4.69) is 43.5 Å². The van der Waals surface area contributed by atoms with Gasteiger partial charge in [-0.2, -0.15) is 0 Å². The van der Waals surface area contributed by atoms with Gasteiger partial charge in [-0.05, 0) is 38.5 Å². The van der Waals surface area contributed by atoms with Crippen molar-refractivity contribution in [2.75, 3.05) is 13.2 Å². The highest BCUT2D eigenvalue weighted by molar-refractivity contribution is 5.80. The number of carbonyl (C=O) groups excluding carboxylic acids is 1. The number of hydrogen-bond donors (Lipinski definition) is 7. The standard InChI is InChI=1S/C49H91NO9/c1-3-5-7-9-11-13-15-16-17-18-19-20-21-22-23-24-25-26-28-30-32-34-36-38-43(53)48(57)50-41(40-58-49-47(56)46(55)45(54)44(39-51)59-49)42(52)37-35-33-31-29-27-14-12-10-8-6-4-2/h8,10,27,29,35,37,41-47,49,51-56H,3-7,9,11-26,28,30-34,36,38-40H2,1-2H3,(H,50,57)/b10-8+,29-27+,37-35+. The zero-order valence-electron chi connectivity index (χ0n) is 37.6. The van der Waals surface area contributed by atoms with Gasteiger partial charge in [0.1, 0.15) is 30.5 Å². The fraction of sp³-hybridized carbons (Fsp3) is 0.857. The van der Waals surface area contributed by atoms with Crippen molar-refractivity contribution in [3.05, 3.63) is 36.5 Å². The third-order valence-corrected chi connectivity index (χ3v) is 11.5. The second-order valence-electron chi connectivity index (χ2n) is 17.0. The second kappa shape index (κ2) is 39.2. The number of rotatable bonds is 40. The molecule has 0 aromatic heterocycles. The van der Waals surface area contributed by atoms with Crippen LogP contribution in [0.2, 0.25) is 0 Å². The lowest BCUT2D eigenvalue weighted by Gasteiger charge is -2.40. The number of allylic oxidation sites excluding steroid dienone is 5. The van der Waals surface area contributed by atoms with Crippen molar-refractivity contribution >= 4 is 5.91 Å². The first-order valence-electron chi connectivity index (χ1n) is 24.3. The Balaban J connectivity index is 2.30. The molecule has 8 unspecified atom stereocenters. The number of ether oxygens (including phenoxy) is 2. The minimum absolute atomic E-state index is 0.304. The zero-order chi connectivity index (χ0) is 43.2. The summed E-state index contributed by atoms with van der Waals surface area (Å²) in [6.45, 7) is 3.51. The molecular weight excluding hydrogens is 747 g/mol. The lowest BCUT2D eigenvalue weighted by molar-refractivity contribution is -0.302. The van der Waals surface area contributed by atoms with Crippen LogP contribution in [0.4, 0.5) is 0 Å². The van der Waals surface area contributed by atoms with E-state index >= 15 is 0 Å². The lowest BCUT2D eigenvalue weighted by Crippen LogP contribution is -2.60. The highest BCUT2D eigenvalue weighted by Gasteiger charge is 2.44. The topological polar surface area (TPSA) is 169 Å². The highest BCUT2D eigenvalue weighted by Crippen LogP contribution is 2.23. The average Bonchev–Trinajstić information content (AvgIpc) is 3.23. The molecule has 0 aromatic carbocycles. The summed E-state index contributed by atoms with van der Waals surface area (Å²) in [5, 5.41) is 64.6. The monoisotopic (exact) mass is 838 g/mol. The Kier molecular flexibility index (Phi) is 36.8. The Hall–Kier alpha value is -1.63. The summed E-state index contributed by atoms with van der Waals surface area (Å²) in [5.74, 6) is -0.630. The van der Waals surface area contributed by atoms with E-state index in [9.17, 15) is 35.4 Å². The quantitative estimate of drug-likeness (QED) is 0.0235. The first kappa shape index (κ1) is 55.4. The zero-order valence-corrected chi connectivity index (χ0v) is 37.6.